The summed E-state index contributed by atoms with van der Waals surface area (Å²) in [5.41, 5.74) is 1.35. The molecule has 6 nitrogen and oxygen atoms in total. The van der Waals surface area contributed by atoms with Crippen molar-refractivity contribution >= 4 is 17.6 Å². The van der Waals surface area contributed by atoms with Gasteiger partial charge in [-0.25, -0.2) is 9.78 Å². The number of para-hydroxylation sites is 1. The molecule has 0 saturated carbocycles. The molecule has 22 heavy (non-hydrogen) atoms. The molecular weight excluding hydrogens is 304 g/mol. The third-order valence-electron chi connectivity index (χ3n) is 2.89. The van der Waals surface area contributed by atoms with E-state index in [2.05, 4.69) is 15.2 Å². The molecule has 3 aromatic rings. The Bertz CT molecular complexity index is 817. The zero-order valence-electron chi connectivity index (χ0n) is 11.6. The fourth-order valence-electron chi connectivity index (χ4n) is 1.84. The summed E-state index contributed by atoms with van der Waals surface area (Å²) in [6, 6.07) is 12.5. The van der Waals surface area contributed by atoms with Crippen molar-refractivity contribution in [2.75, 3.05) is 0 Å². The van der Waals surface area contributed by atoms with Crippen LogP contribution in [0.3, 0.4) is 0 Å². The Morgan fingerprint density at radius 3 is 2.64 bits per heavy atom. The highest BCUT2D eigenvalue weighted by Gasteiger charge is 2.19. The van der Waals surface area contributed by atoms with E-state index in [0.717, 1.165) is 5.69 Å². The van der Waals surface area contributed by atoms with Crippen LogP contribution in [0.15, 0.2) is 48.7 Å². The maximum atomic E-state index is 12.2. The number of hydrogen-bond donors (Lipinski definition) is 0. The summed E-state index contributed by atoms with van der Waals surface area (Å²) in [7, 11) is 0. The SMILES string of the molecule is Cc1nn(-c2ccccc2)nc1C(=O)Oc1cccnc1Cl. The first-order chi connectivity index (χ1) is 10.6. The minimum absolute atomic E-state index is 0.115. The number of nitrogens with zero attached hydrogens (tertiary/aromatic N) is 4. The second-order valence-corrected chi connectivity index (χ2v) is 4.80. The van der Waals surface area contributed by atoms with Gasteiger partial charge in [0.05, 0.1) is 11.4 Å². The monoisotopic (exact) mass is 314 g/mol. The molecule has 0 atom stereocenters. The number of rotatable bonds is 3. The Labute approximate surface area is 131 Å². The minimum atomic E-state index is -0.630. The first kappa shape index (κ1) is 14.2. The molecule has 7 heteroatoms. The van der Waals surface area contributed by atoms with Crippen LogP contribution in [-0.4, -0.2) is 25.9 Å². The van der Waals surface area contributed by atoms with E-state index in [-0.39, 0.29) is 16.6 Å². The van der Waals surface area contributed by atoms with E-state index in [4.69, 9.17) is 16.3 Å². The van der Waals surface area contributed by atoms with E-state index in [1.165, 1.54) is 11.0 Å². The number of carbonyl (C=O) groups is 1. The lowest BCUT2D eigenvalue weighted by Crippen LogP contribution is -2.11. The third kappa shape index (κ3) is 2.82. The summed E-state index contributed by atoms with van der Waals surface area (Å²) < 4.78 is 5.21. The highest BCUT2D eigenvalue weighted by Crippen LogP contribution is 2.21. The largest absolute Gasteiger partial charge is 0.418 e. The quantitative estimate of drug-likeness (QED) is 0.549. The fraction of sp³-hybridized carbons (Fsp3) is 0.0667. The number of hydrogen-bond acceptors (Lipinski definition) is 5. The molecule has 0 aliphatic rings. The van der Waals surface area contributed by atoms with Crippen LogP contribution >= 0.6 is 11.6 Å². The average Bonchev–Trinajstić information content (AvgIpc) is 2.92. The number of halogens is 1. The van der Waals surface area contributed by atoms with Crippen molar-refractivity contribution in [1.29, 1.82) is 0 Å². The summed E-state index contributed by atoms with van der Waals surface area (Å²) in [4.78, 5) is 17.4. The molecule has 0 unspecified atom stereocenters. The van der Waals surface area contributed by atoms with E-state index in [9.17, 15) is 4.79 Å². The molecular formula is C15H11ClN4O2. The first-order valence-electron chi connectivity index (χ1n) is 6.47. The minimum Gasteiger partial charge on any atom is -0.418 e. The zero-order chi connectivity index (χ0) is 15.5. The Morgan fingerprint density at radius 2 is 1.91 bits per heavy atom. The zero-order valence-corrected chi connectivity index (χ0v) is 12.4. The van der Waals surface area contributed by atoms with Gasteiger partial charge in [0.1, 0.15) is 0 Å². The summed E-state index contributed by atoms with van der Waals surface area (Å²) >= 11 is 5.87. The van der Waals surface area contributed by atoms with Gasteiger partial charge in [-0.05, 0) is 31.2 Å². The Balaban J connectivity index is 1.88. The number of aryl methyl sites for hydroxylation is 1. The number of pyridine rings is 1. The Hall–Kier alpha value is -2.73. The number of ether oxygens (including phenoxy) is 1. The van der Waals surface area contributed by atoms with E-state index in [0.29, 0.717) is 5.69 Å². The van der Waals surface area contributed by atoms with Crippen LogP contribution in [0.2, 0.25) is 5.15 Å². The molecule has 3 rings (SSSR count). The van der Waals surface area contributed by atoms with Crippen LogP contribution in [-0.2, 0) is 0 Å². The van der Waals surface area contributed by atoms with E-state index < -0.39 is 5.97 Å². The van der Waals surface area contributed by atoms with Crippen LogP contribution in [0.4, 0.5) is 0 Å². The lowest BCUT2D eigenvalue weighted by atomic mass is 10.3. The van der Waals surface area contributed by atoms with Crippen LogP contribution in [0, 0.1) is 6.92 Å². The molecule has 0 amide bonds. The third-order valence-corrected chi connectivity index (χ3v) is 3.17. The molecule has 0 N–H and O–H groups in total. The maximum Gasteiger partial charge on any atom is 0.366 e. The van der Waals surface area contributed by atoms with Gasteiger partial charge in [-0.1, -0.05) is 29.8 Å². The van der Waals surface area contributed by atoms with Gasteiger partial charge in [0.2, 0.25) is 0 Å². The van der Waals surface area contributed by atoms with Gasteiger partial charge in [-0.3, -0.25) is 0 Å². The second kappa shape index (κ2) is 5.95. The highest BCUT2D eigenvalue weighted by molar-refractivity contribution is 6.30. The van der Waals surface area contributed by atoms with Crippen molar-refractivity contribution in [3.63, 3.8) is 0 Å². The lowest BCUT2D eigenvalue weighted by Gasteiger charge is -2.03. The van der Waals surface area contributed by atoms with Crippen molar-refractivity contribution in [2.45, 2.75) is 6.92 Å². The van der Waals surface area contributed by atoms with Crippen LogP contribution in [0.5, 0.6) is 5.75 Å². The van der Waals surface area contributed by atoms with Crippen molar-refractivity contribution in [3.8, 4) is 11.4 Å². The van der Waals surface area contributed by atoms with Gasteiger partial charge in [0, 0.05) is 6.20 Å². The van der Waals surface area contributed by atoms with Crippen LogP contribution in [0.1, 0.15) is 16.2 Å². The second-order valence-electron chi connectivity index (χ2n) is 4.44. The lowest BCUT2D eigenvalue weighted by molar-refractivity contribution is 0.0727. The van der Waals surface area contributed by atoms with E-state index >= 15 is 0 Å². The Kier molecular flexibility index (Phi) is 3.84. The number of carbonyl (C=O) groups excluding carboxylic acids is 1. The average molecular weight is 315 g/mol. The van der Waals surface area contributed by atoms with Crippen molar-refractivity contribution in [3.05, 3.63) is 65.2 Å². The maximum absolute atomic E-state index is 12.2. The molecule has 0 radical (unpaired) electrons. The van der Waals surface area contributed by atoms with Gasteiger partial charge < -0.3 is 4.74 Å². The molecule has 0 fully saturated rings. The summed E-state index contributed by atoms with van der Waals surface area (Å²) in [5, 5.41) is 8.51. The number of aromatic nitrogens is 4. The molecule has 1 aromatic carbocycles. The van der Waals surface area contributed by atoms with Crippen molar-refractivity contribution in [1.82, 2.24) is 20.0 Å². The summed E-state index contributed by atoms with van der Waals surface area (Å²) in [6.45, 7) is 1.69. The topological polar surface area (TPSA) is 69.9 Å². The molecule has 2 aromatic heterocycles. The van der Waals surface area contributed by atoms with Crippen LogP contribution in [0.25, 0.3) is 5.69 Å². The summed E-state index contributed by atoms with van der Waals surface area (Å²) in [6.07, 6.45) is 1.51. The van der Waals surface area contributed by atoms with Gasteiger partial charge in [0.25, 0.3) is 0 Å². The smallest absolute Gasteiger partial charge is 0.366 e. The van der Waals surface area contributed by atoms with Gasteiger partial charge in [0.15, 0.2) is 16.6 Å². The van der Waals surface area contributed by atoms with Crippen molar-refractivity contribution < 1.29 is 9.53 Å². The van der Waals surface area contributed by atoms with E-state index in [1.807, 2.05) is 30.3 Å². The molecule has 0 spiro atoms. The molecule has 110 valence electrons. The van der Waals surface area contributed by atoms with Gasteiger partial charge in [-0.2, -0.15) is 9.90 Å². The number of esters is 1. The van der Waals surface area contributed by atoms with Gasteiger partial charge >= 0.3 is 5.97 Å². The van der Waals surface area contributed by atoms with Crippen molar-refractivity contribution in [2.24, 2.45) is 0 Å². The highest BCUT2D eigenvalue weighted by atomic mass is 35.5. The molecule has 0 saturated heterocycles. The molecule has 0 aliphatic carbocycles. The standard InChI is InChI=1S/C15H11ClN4O2/c1-10-13(15(21)22-12-8-5-9-17-14(12)16)19-20(18-10)11-6-3-2-4-7-11/h2-9H,1H3. The predicted octanol–water partition coefficient (Wildman–Crippen LogP) is 2.84. The summed E-state index contributed by atoms with van der Waals surface area (Å²) in [5.74, 6) is -0.447. The van der Waals surface area contributed by atoms with Gasteiger partial charge in [-0.15, -0.1) is 5.10 Å². The van der Waals surface area contributed by atoms with E-state index in [1.54, 1.807) is 19.1 Å². The molecule has 0 bridgehead atoms. The predicted molar refractivity (Wildman–Crippen MR) is 80.3 cm³/mol. The fourth-order valence-corrected chi connectivity index (χ4v) is 2.00. The Morgan fingerprint density at radius 1 is 1.14 bits per heavy atom. The van der Waals surface area contributed by atoms with Crippen LogP contribution < -0.4 is 4.74 Å². The number of benzene rings is 1. The molecule has 2 heterocycles. The molecule has 0 aliphatic heterocycles. The first-order valence-corrected chi connectivity index (χ1v) is 6.85. The normalized spacial score (nSPS) is 10.5.